The second-order valence-corrected chi connectivity index (χ2v) is 28.6. The van der Waals surface area contributed by atoms with Crippen LogP contribution in [0.25, 0.3) is 0 Å². The molecule has 612 valence electrons. The van der Waals surface area contributed by atoms with Crippen molar-refractivity contribution in [1.29, 1.82) is 0 Å². The molecule has 10 unspecified atom stereocenters. The van der Waals surface area contributed by atoms with Gasteiger partial charge < -0.3 is 150 Å². The molecule has 0 saturated carbocycles. The molecule has 34 nitrogen and oxygen atoms in total. The first kappa shape index (κ1) is 92.2. The maximum atomic E-state index is 13.8. The lowest BCUT2D eigenvalue weighted by Gasteiger charge is -2.52. The van der Waals surface area contributed by atoms with Gasteiger partial charge >= 0.3 is 5.97 Å². The Morgan fingerprint density at radius 1 is 0.495 bits per heavy atom. The SMILES string of the molecule is CCCCCCCCCCCCC/C=C/[C@@H](O)[C@H](CO[C@@H]1OC(CO)[C@@H](O[C@@H]2OC(CO)[C@H](O[C@@H]3OC(CO)[C@H](O)[C@H](O[C@@H]4OC(CO)[C@H](O)[C@H](O)C4O)C3NC(C)=O)[C@H](O[C@]3(C(=O)O)CC(O)[C@@H](NC(C)=O)C([C@H](O)[C@H](O)CO)O3)C2O)[C@H](O)C1O)NC(=O)CCCCCCCCCCCCCCC. The van der Waals surface area contributed by atoms with E-state index in [0.29, 0.717) is 12.8 Å². The van der Waals surface area contributed by atoms with Gasteiger partial charge in [-0.2, -0.15) is 0 Å². The van der Waals surface area contributed by atoms with Gasteiger partial charge in [-0.05, 0) is 19.3 Å². The number of allylic oxidation sites excluding steroid dienone is 1. The molecule has 0 aromatic heterocycles. The second-order valence-electron chi connectivity index (χ2n) is 28.6. The zero-order valence-electron chi connectivity index (χ0n) is 61.4. The molecule has 5 aliphatic rings. The average Bonchev–Trinajstić information content (AvgIpc) is 0.759. The summed E-state index contributed by atoms with van der Waals surface area (Å²) in [7, 11) is 0. The van der Waals surface area contributed by atoms with E-state index in [1.807, 2.05) is 6.08 Å². The fourth-order valence-electron chi connectivity index (χ4n) is 14.0. The van der Waals surface area contributed by atoms with Crippen molar-refractivity contribution in [2.24, 2.45) is 0 Å². The number of rotatable bonds is 50. The van der Waals surface area contributed by atoms with Gasteiger partial charge in [0.15, 0.2) is 25.2 Å². The molecule has 3 amide bonds. The van der Waals surface area contributed by atoms with Crippen molar-refractivity contribution < 1.29 is 153 Å². The third-order valence-corrected chi connectivity index (χ3v) is 20.1. The van der Waals surface area contributed by atoms with Gasteiger partial charge in [0.25, 0.3) is 5.79 Å². The van der Waals surface area contributed by atoms with Crippen LogP contribution in [0.1, 0.15) is 201 Å². The molecule has 105 heavy (non-hydrogen) atoms. The maximum Gasteiger partial charge on any atom is 0.364 e. The van der Waals surface area contributed by atoms with Crippen LogP contribution in [0.5, 0.6) is 0 Å². The fourth-order valence-corrected chi connectivity index (χ4v) is 14.0. The Bertz CT molecular complexity index is 2460. The van der Waals surface area contributed by atoms with Gasteiger partial charge in [0.2, 0.25) is 17.7 Å². The van der Waals surface area contributed by atoms with Crippen molar-refractivity contribution in [2.45, 2.75) is 372 Å². The number of ether oxygens (including phenoxy) is 10. The molecule has 5 rings (SSSR count). The molecule has 5 saturated heterocycles. The molecule has 0 aromatic carbocycles. The number of amides is 3. The molecular weight excluding hydrogens is 1390 g/mol. The predicted octanol–water partition coefficient (Wildman–Crippen LogP) is -1.82. The fraction of sp³-hybridized carbons (Fsp3) is 0.915. The molecular formula is C71H127N3O31. The van der Waals surface area contributed by atoms with Gasteiger partial charge in [-0.15, -0.1) is 0 Å². The summed E-state index contributed by atoms with van der Waals surface area (Å²) in [5, 5.41) is 197. The number of carbonyl (C=O) groups excluding carboxylic acids is 3. The number of aliphatic hydroxyl groups excluding tert-OH is 16. The summed E-state index contributed by atoms with van der Waals surface area (Å²) >= 11 is 0. The van der Waals surface area contributed by atoms with E-state index in [2.05, 4.69) is 29.8 Å². The molecule has 0 bridgehead atoms. The molecule has 20 N–H and O–H groups in total. The Hall–Kier alpha value is -3.42. The van der Waals surface area contributed by atoms with Crippen LogP contribution in [0.15, 0.2) is 12.2 Å². The Morgan fingerprint density at radius 2 is 0.943 bits per heavy atom. The Labute approximate surface area is 614 Å². The lowest BCUT2D eigenvalue weighted by molar-refractivity contribution is -0.403. The average molecular weight is 1520 g/mol. The minimum Gasteiger partial charge on any atom is -0.477 e. The Kier molecular flexibility index (Phi) is 42.5. The van der Waals surface area contributed by atoms with Crippen LogP contribution in [-0.2, 0) is 66.5 Å². The van der Waals surface area contributed by atoms with E-state index in [1.165, 1.54) is 96.0 Å². The minimum absolute atomic E-state index is 0.134. The van der Waals surface area contributed by atoms with E-state index in [1.54, 1.807) is 0 Å². The number of aliphatic hydroxyl groups is 16. The summed E-state index contributed by atoms with van der Waals surface area (Å²) in [5.41, 5.74) is 0. The van der Waals surface area contributed by atoms with Gasteiger partial charge in [-0.3, -0.25) is 14.4 Å². The van der Waals surface area contributed by atoms with E-state index in [-0.39, 0.29) is 12.3 Å². The molecule has 28 atom stereocenters. The van der Waals surface area contributed by atoms with E-state index in [4.69, 9.17) is 47.4 Å². The quantitative estimate of drug-likeness (QED) is 0.0235. The van der Waals surface area contributed by atoms with Gasteiger partial charge in [0.1, 0.15) is 116 Å². The number of carboxylic acid groups (broad SMARTS) is 1. The topological polar surface area (TPSA) is 541 Å². The lowest BCUT2D eigenvalue weighted by Crippen LogP contribution is -2.72. The van der Waals surface area contributed by atoms with Crippen LogP contribution >= 0.6 is 0 Å². The van der Waals surface area contributed by atoms with Crippen molar-refractivity contribution in [1.82, 2.24) is 16.0 Å². The maximum absolute atomic E-state index is 13.8. The van der Waals surface area contributed by atoms with Crippen molar-refractivity contribution in [3.63, 3.8) is 0 Å². The van der Waals surface area contributed by atoms with E-state index in [9.17, 15) is 106 Å². The van der Waals surface area contributed by atoms with Crippen molar-refractivity contribution in [3.05, 3.63) is 12.2 Å². The summed E-state index contributed by atoms with van der Waals surface area (Å²) in [6.07, 6.45) is -19.5. The van der Waals surface area contributed by atoms with Crippen molar-refractivity contribution >= 4 is 23.7 Å². The number of hydrogen-bond donors (Lipinski definition) is 20. The number of unbranched alkanes of at least 4 members (excludes halogenated alkanes) is 23. The predicted molar refractivity (Wildman–Crippen MR) is 369 cm³/mol. The third kappa shape index (κ3) is 28.1. The van der Waals surface area contributed by atoms with E-state index < -0.39 is 235 Å². The number of nitrogens with one attached hydrogen (secondary N) is 3. The standard InChI is InChI=1S/C71H127N3O31/c1-5-7-9-11-13-15-17-19-21-23-25-27-29-31-43(82)42(74-50(85)32-30-28-26-24-22-20-18-16-14-12-10-8-6-2)39-96-67-59(92)57(90)61(48(37-78)99-67)101-69-60(93)65(105-71(70(94)95)33-44(83)51(72-40(3)80)64(104-71)53(86)45(84)34-75)62(49(38-79)100-69)102-66-52(73-41(4)81)63(55(88)47(36-77)97-66)103-68-58(91)56(89)54(87)46(35-76)98-68/h29,31,42-49,51-69,75-79,82-84,86-93H,5-28,30,32-39H2,1-4H3,(H,72,80)(H,73,81)(H,74,85)(H,94,95)/b31-29+/t42-,43+,44?,45+,46?,47?,48?,49?,51+,52?,53+,54-,55-,56-,57+,58?,59?,60?,61+,62-,63+,64?,65+,66-,67+,68-,69-,71-/m0/s1. The van der Waals surface area contributed by atoms with Crippen molar-refractivity contribution in [2.75, 3.05) is 39.6 Å². The monoisotopic (exact) mass is 1520 g/mol. The van der Waals surface area contributed by atoms with E-state index in [0.717, 1.165) is 71.6 Å². The summed E-state index contributed by atoms with van der Waals surface area (Å²) in [6.45, 7) is 0.299. The number of carbonyl (C=O) groups is 4. The van der Waals surface area contributed by atoms with Gasteiger partial charge in [0.05, 0.1) is 63.9 Å². The molecule has 5 heterocycles. The largest absolute Gasteiger partial charge is 0.477 e. The zero-order chi connectivity index (χ0) is 77.3. The highest BCUT2D eigenvalue weighted by molar-refractivity contribution is 5.77. The molecule has 0 spiro atoms. The minimum atomic E-state index is -3.38. The normalized spacial score (nSPS) is 35.0. The van der Waals surface area contributed by atoms with Crippen LogP contribution < -0.4 is 16.0 Å². The zero-order valence-corrected chi connectivity index (χ0v) is 61.4. The van der Waals surface area contributed by atoms with Crippen LogP contribution in [0.2, 0.25) is 0 Å². The lowest BCUT2D eigenvalue weighted by atomic mass is 9.88. The molecule has 0 aromatic rings. The van der Waals surface area contributed by atoms with E-state index >= 15 is 0 Å². The molecule has 5 fully saturated rings. The van der Waals surface area contributed by atoms with Gasteiger partial charge in [-0.1, -0.05) is 167 Å². The summed E-state index contributed by atoms with van der Waals surface area (Å²) in [5.74, 6) is -7.71. The van der Waals surface area contributed by atoms with Crippen LogP contribution in [-0.4, -0.2) is 321 Å². The first-order chi connectivity index (χ1) is 50.3. The number of aliphatic carboxylic acids is 1. The summed E-state index contributed by atoms with van der Waals surface area (Å²) in [6, 6.07) is -4.80. The van der Waals surface area contributed by atoms with Crippen LogP contribution in [0.4, 0.5) is 0 Å². The number of carboxylic acids is 1. The Morgan fingerprint density at radius 3 is 1.47 bits per heavy atom. The third-order valence-electron chi connectivity index (χ3n) is 20.1. The summed E-state index contributed by atoms with van der Waals surface area (Å²) in [4.78, 5) is 52.9. The first-order valence-electron chi connectivity index (χ1n) is 38.1. The van der Waals surface area contributed by atoms with Crippen LogP contribution in [0, 0.1) is 0 Å². The smallest absolute Gasteiger partial charge is 0.364 e. The Balaban J connectivity index is 1.41. The van der Waals surface area contributed by atoms with Crippen molar-refractivity contribution in [3.8, 4) is 0 Å². The first-order valence-corrected chi connectivity index (χ1v) is 38.1. The highest BCUT2D eigenvalue weighted by Crippen LogP contribution is 2.41. The highest BCUT2D eigenvalue weighted by atomic mass is 16.8. The molecule has 34 heteroatoms. The van der Waals surface area contributed by atoms with Gasteiger partial charge in [0, 0.05) is 26.7 Å². The molecule has 0 radical (unpaired) electrons. The number of hydrogen-bond acceptors (Lipinski definition) is 30. The highest BCUT2D eigenvalue weighted by Gasteiger charge is 2.62. The van der Waals surface area contributed by atoms with Gasteiger partial charge in [-0.25, -0.2) is 4.79 Å². The molecule has 5 aliphatic heterocycles. The molecule has 0 aliphatic carbocycles. The summed E-state index contributed by atoms with van der Waals surface area (Å²) < 4.78 is 60.0. The van der Waals surface area contributed by atoms with Crippen LogP contribution in [0.3, 0.4) is 0 Å². The second kappa shape index (κ2) is 48.4.